The van der Waals surface area contributed by atoms with Crippen LogP contribution in [0.3, 0.4) is 0 Å². The van der Waals surface area contributed by atoms with Crippen LogP contribution in [0.2, 0.25) is 0 Å². The lowest BCUT2D eigenvalue weighted by molar-refractivity contribution is 0.667. The predicted octanol–water partition coefficient (Wildman–Crippen LogP) is 4.82. The summed E-state index contributed by atoms with van der Waals surface area (Å²) in [5.74, 6) is 0. The van der Waals surface area contributed by atoms with Crippen molar-refractivity contribution in [3.8, 4) is 0 Å². The SMILES string of the molecule is CCCCCCc1ccc2s[c]cc2c1. The van der Waals surface area contributed by atoms with E-state index in [1.165, 1.54) is 47.8 Å². The minimum Gasteiger partial charge on any atom is -0.134 e. The molecule has 0 unspecified atom stereocenters. The molecule has 0 nitrogen and oxygen atoms in total. The highest BCUT2D eigenvalue weighted by Gasteiger charge is 1.97. The molecule has 2 rings (SSSR count). The molecular formula is C14H17S. The zero-order valence-electron chi connectivity index (χ0n) is 9.25. The Labute approximate surface area is 95.9 Å². The van der Waals surface area contributed by atoms with E-state index in [4.69, 9.17) is 0 Å². The number of fused-ring (bicyclic) bond motifs is 1. The molecule has 0 saturated carbocycles. The normalized spacial score (nSPS) is 11.0. The third kappa shape index (κ3) is 2.82. The first-order valence-corrected chi connectivity index (χ1v) is 6.60. The fourth-order valence-electron chi connectivity index (χ4n) is 1.87. The summed E-state index contributed by atoms with van der Waals surface area (Å²) in [5.41, 5.74) is 1.48. The summed E-state index contributed by atoms with van der Waals surface area (Å²) in [6, 6.07) is 8.90. The van der Waals surface area contributed by atoms with Gasteiger partial charge in [0.25, 0.3) is 0 Å². The van der Waals surface area contributed by atoms with Crippen molar-refractivity contribution in [2.75, 3.05) is 0 Å². The van der Waals surface area contributed by atoms with Gasteiger partial charge in [-0.15, -0.1) is 11.3 Å². The molecule has 0 aliphatic heterocycles. The lowest BCUT2D eigenvalue weighted by Gasteiger charge is -2.01. The highest BCUT2D eigenvalue weighted by atomic mass is 32.1. The largest absolute Gasteiger partial charge is 0.134 e. The predicted molar refractivity (Wildman–Crippen MR) is 68.5 cm³/mol. The van der Waals surface area contributed by atoms with Crippen LogP contribution in [-0.2, 0) is 6.42 Å². The van der Waals surface area contributed by atoms with Gasteiger partial charge in [-0.25, -0.2) is 0 Å². The number of thiophene rings is 1. The topological polar surface area (TPSA) is 0 Å². The van der Waals surface area contributed by atoms with Crippen molar-refractivity contribution >= 4 is 21.4 Å². The fraction of sp³-hybridized carbons (Fsp3) is 0.429. The van der Waals surface area contributed by atoms with Crippen LogP contribution in [0.15, 0.2) is 24.3 Å². The zero-order chi connectivity index (χ0) is 10.5. The van der Waals surface area contributed by atoms with Gasteiger partial charge in [0, 0.05) is 10.1 Å². The van der Waals surface area contributed by atoms with Gasteiger partial charge in [0.2, 0.25) is 0 Å². The second kappa shape index (κ2) is 5.32. The molecule has 0 aliphatic rings. The van der Waals surface area contributed by atoms with Gasteiger partial charge < -0.3 is 0 Å². The molecule has 0 spiro atoms. The quantitative estimate of drug-likeness (QED) is 0.630. The molecule has 1 heterocycles. The van der Waals surface area contributed by atoms with Crippen molar-refractivity contribution in [2.45, 2.75) is 39.0 Å². The van der Waals surface area contributed by atoms with E-state index in [1.807, 2.05) is 0 Å². The van der Waals surface area contributed by atoms with Gasteiger partial charge in [-0.3, -0.25) is 0 Å². The molecule has 0 aliphatic carbocycles. The van der Waals surface area contributed by atoms with E-state index >= 15 is 0 Å². The number of aryl methyl sites for hydroxylation is 1. The Kier molecular flexibility index (Phi) is 3.79. The Morgan fingerprint density at radius 2 is 2.13 bits per heavy atom. The molecule has 0 bridgehead atoms. The molecule has 2 aromatic rings. The van der Waals surface area contributed by atoms with E-state index < -0.39 is 0 Å². The van der Waals surface area contributed by atoms with E-state index in [0.717, 1.165) is 0 Å². The van der Waals surface area contributed by atoms with Crippen LogP contribution >= 0.6 is 11.3 Å². The summed E-state index contributed by atoms with van der Waals surface area (Å²) in [7, 11) is 0. The van der Waals surface area contributed by atoms with Crippen LogP contribution < -0.4 is 0 Å². The molecular weight excluding hydrogens is 200 g/mol. The molecule has 0 N–H and O–H groups in total. The third-order valence-corrected chi connectivity index (χ3v) is 3.60. The Bertz CT molecular complexity index is 414. The van der Waals surface area contributed by atoms with Crippen molar-refractivity contribution in [1.29, 1.82) is 0 Å². The summed E-state index contributed by atoms with van der Waals surface area (Å²) in [5, 5.41) is 4.54. The molecule has 1 heteroatoms. The Morgan fingerprint density at radius 1 is 1.20 bits per heavy atom. The van der Waals surface area contributed by atoms with E-state index in [-0.39, 0.29) is 0 Å². The van der Waals surface area contributed by atoms with Gasteiger partial charge in [0.15, 0.2) is 0 Å². The van der Waals surface area contributed by atoms with Crippen molar-refractivity contribution in [1.82, 2.24) is 0 Å². The first kappa shape index (κ1) is 10.7. The van der Waals surface area contributed by atoms with Crippen LogP contribution in [0.4, 0.5) is 0 Å². The minimum atomic E-state index is 1.23. The molecule has 0 amide bonds. The van der Waals surface area contributed by atoms with Gasteiger partial charge in [-0.2, -0.15) is 0 Å². The van der Waals surface area contributed by atoms with Crippen LogP contribution in [0.1, 0.15) is 38.2 Å². The number of hydrogen-bond acceptors (Lipinski definition) is 1. The second-order valence-electron chi connectivity index (χ2n) is 4.05. The van der Waals surface area contributed by atoms with Crippen molar-refractivity contribution in [3.63, 3.8) is 0 Å². The average Bonchev–Trinajstić information content (AvgIpc) is 2.71. The van der Waals surface area contributed by atoms with E-state index in [2.05, 4.69) is 36.6 Å². The lowest BCUT2D eigenvalue weighted by atomic mass is 10.1. The van der Waals surface area contributed by atoms with Gasteiger partial charge in [-0.05, 0) is 35.9 Å². The molecule has 0 atom stereocenters. The van der Waals surface area contributed by atoms with Crippen molar-refractivity contribution in [3.05, 3.63) is 35.2 Å². The number of hydrogen-bond donors (Lipinski definition) is 0. The Balaban J connectivity index is 1.96. The molecule has 15 heavy (non-hydrogen) atoms. The lowest BCUT2D eigenvalue weighted by Crippen LogP contribution is -1.85. The monoisotopic (exact) mass is 217 g/mol. The maximum Gasteiger partial charge on any atom is 0.0455 e. The van der Waals surface area contributed by atoms with Crippen LogP contribution in [0, 0.1) is 5.38 Å². The fourth-order valence-corrected chi connectivity index (χ4v) is 2.56. The first-order valence-electron chi connectivity index (χ1n) is 5.78. The third-order valence-electron chi connectivity index (χ3n) is 2.78. The highest BCUT2D eigenvalue weighted by molar-refractivity contribution is 7.16. The summed E-state index contributed by atoms with van der Waals surface area (Å²) in [4.78, 5) is 0. The highest BCUT2D eigenvalue weighted by Crippen LogP contribution is 2.22. The van der Waals surface area contributed by atoms with Crippen molar-refractivity contribution in [2.24, 2.45) is 0 Å². The van der Waals surface area contributed by atoms with Crippen LogP contribution in [0.5, 0.6) is 0 Å². The number of rotatable bonds is 5. The maximum atomic E-state index is 3.18. The average molecular weight is 217 g/mol. The molecule has 0 fully saturated rings. The van der Waals surface area contributed by atoms with Gasteiger partial charge in [0.05, 0.1) is 0 Å². The molecule has 79 valence electrons. The van der Waals surface area contributed by atoms with Crippen LogP contribution in [0.25, 0.3) is 10.1 Å². The summed E-state index contributed by atoms with van der Waals surface area (Å²) < 4.78 is 1.35. The van der Waals surface area contributed by atoms with Crippen LogP contribution in [-0.4, -0.2) is 0 Å². The van der Waals surface area contributed by atoms with Gasteiger partial charge >= 0.3 is 0 Å². The summed E-state index contributed by atoms with van der Waals surface area (Å²) in [6.45, 7) is 2.26. The number of unbranched alkanes of at least 4 members (excludes halogenated alkanes) is 3. The zero-order valence-corrected chi connectivity index (χ0v) is 10.1. The standard InChI is InChI=1S/C14H17S/c1-2-3-4-5-6-12-7-8-14-13(11-12)9-10-15-14/h7-9,11H,2-6H2,1H3. The second-order valence-corrected chi connectivity index (χ2v) is 4.93. The number of benzene rings is 1. The Hall–Kier alpha value is -0.820. The Morgan fingerprint density at radius 3 is 3.00 bits per heavy atom. The smallest absolute Gasteiger partial charge is 0.0455 e. The van der Waals surface area contributed by atoms with E-state index in [1.54, 1.807) is 11.3 Å². The molecule has 1 radical (unpaired) electrons. The van der Waals surface area contributed by atoms with Crippen molar-refractivity contribution < 1.29 is 0 Å². The maximum absolute atomic E-state index is 3.18. The minimum absolute atomic E-state index is 1.23. The summed E-state index contributed by atoms with van der Waals surface area (Å²) >= 11 is 1.70. The van der Waals surface area contributed by atoms with E-state index in [9.17, 15) is 0 Å². The summed E-state index contributed by atoms with van der Waals surface area (Å²) in [6.07, 6.45) is 6.61. The molecule has 1 aromatic heterocycles. The van der Waals surface area contributed by atoms with E-state index in [0.29, 0.717) is 0 Å². The molecule has 0 saturated heterocycles. The first-order chi connectivity index (χ1) is 7.40. The van der Waals surface area contributed by atoms with Gasteiger partial charge in [-0.1, -0.05) is 38.3 Å². The molecule has 1 aromatic carbocycles. The van der Waals surface area contributed by atoms with Gasteiger partial charge in [0.1, 0.15) is 0 Å².